The second-order valence-corrected chi connectivity index (χ2v) is 3.09. The lowest BCUT2D eigenvalue weighted by Gasteiger charge is -1.80. The first kappa shape index (κ1) is 6.00. The van der Waals surface area contributed by atoms with Crippen LogP contribution in [0.15, 0.2) is 18.3 Å². The number of nitrogens with zero attached hydrogens (tertiary/aromatic N) is 1. The van der Waals surface area contributed by atoms with E-state index in [2.05, 4.69) is 9.36 Å². The average Bonchev–Trinajstić information content (AvgIpc) is 2.34. The van der Waals surface area contributed by atoms with Gasteiger partial charge in [-0.25, -0.2) is 4.98 Å². The molecule has 0 spiro atoms. The first-order valence-corrected chi connectivity index (χ1v) is 4.02. The molecule has 0 atom stereocenters. The molecule has 0 aromatic carbocycles. The minimum absolute atomic E-state index is 0.785. The SMILES string of the molecule is S=c1[nH]sc2ncccc12. The largest absolute Gasteiger partial charge is 0.300 e. The van der Waals surface area contributed by atoms with E-state index < -0.39 is 0 Å². The van der Waals surface area contributed by atoms with E-state index in [0.717, 1.165) is 14.9 Å². The standard InChI is InChI=1S/C6H4N2S2/c9-5-4-2-1-3-7-6(4)10-8-5/h1-3H,(H,8,9). The minimum Gasteiger partial charge on any atom is -0.300 e. The monoisotopic (exact) mass is 168 g/mol. The number of fused-ring (bicyclic) bond motifs is 1. The average molecular weight is 168 g/mol. The molecular weight excluding hydrogens is 164 g/mol. The Kier molecular flexibility index (Phi) is 1.28. The van der Waals surface area contributed by atoms with Crippen LogP contribution in [-0.2, 0) is 0 Å². The number of aromatic amines is 1. The highest BCUT2D eigenvalue weighted by Crippen LogP contribution is 2.15. The predicted octanol–water partition coefficient (Wildman–Crippen LogP) is 2.35. The topological polar surface area (TPSA) is 28.7 Å². The zero-order chi connectivity index (χ0) is 6.97. The summed E-state index contributed by atoms with van der Waals surface area (Å²) in [6, 6.07) is 3.86. The van der Waals surface area contributed by atoms with Gasteiger partial charge in [0.05, 0.1) is 0 Å². The lowest BCUT2D eigenvalue weighted by molar-refractivity contribution is 1.44. The maximum absolute atomic E-state index is 5.00. The molecule has 0 aliphatic rings. The molecule has 0 amide bonds. The molecule has 4 heteroatoms. The van der Waals surface area contributed by atoms with Crippen LogP contribution in [0.1, 0.15) is 0 Å². The molecule has 0 radical (unpaired) electrons. The fourth-order valence-corrected chi connectivity index (χ4v) is 1.84. The zero-order valence-corrected chi connectivity index (χ0v) is 6.63. The summed E-state index contributed by atoms with van der Waals surface area (Å²) >= 11 is 6.48. The number of rotatable bonds is 0. The van der Waals surface area contributed by atoms with Crippen molar-refractivity contribution in [1.82, 2.24) is 9.36 Å². The molecule has 2 nitrogen and oxygen atoms in total. The number of hydrogen-bond donors (Lipinski definition) is 1. The summed E-state index contributed by atoms with van der Waals surface area (Å²) < 4.78 is 3.76. The fourth-order valence-electron chi connectivity index (χ4n) is 0.795. The number of hydrogen-bond acceptors (Lipinski definition) is 3. The van der Waals surface area contributed by atoms with Crippen LogP contribution in [0.3, 0.4) is 0 Å². The molecule has 0 saturated carbocycles. The quantitative estimate of drug-likeness (QED) is 0.612. The molecule has 2 heterocycles. The molecular formula is C6H4N2S2. The van der Waals surface area contributed by atoms with Crippen LogP contribution in [0, 0.1) is 4.64 Å². The van der Waals surface area contributed by atoms with E-state index in [4.69, 9.17) is 12.2 Å². The van der Waals surface area contributed by atoms with Crippen LogP contribution in [-0.4, -0.2) is 9.36 Å². The highest BCUT2D eigenvalue weighted by atomic mass is 32.1. The molecule has 0 fully saturated rings. The van der Waals surface area contributed by atoms with Crippen molar-refractivity contribution in [2.45, 2.75) is 0 Å². The van der Waals surface area contributed by atoms with Crippen molar-refractivity contribution in [3.8, 4) is 0 Å². The Hall–Kier alpha value is -0.740. The fraction of sp³-hybridized carbons (Fsp3) is 0. The Morgan fingerprint density at radius 2 is 2.50 bits per heavy atom. The van der Waals surface area contributed by atoms with Gasteiger partial charge in [0.25, 0.3) is 0 Å². The van der Waals surface area contributed by atoms with Crippen LogP contribution in [0.2, 0.25) is 0 Å². The van der Waals surface area contributed by atoms with E-state index in [-0.39, 0.29) is 0 Å². The highest BCUT2D eigenvalue weighted by molar-refractivity contribution is 7.71. The van der Waals surface area contributed by atoms with E-state index in [1.807, 2.05) is 12.1 Å². The molecule has 0 aliphatic carbocycles. The normalized spacial score (nSPS) is 10.4. The van der Waals surface area contributed by atoms with Gasteiger partial charge >= 0.3 is 0 Å². The van der Waals surface area contributed by atoms with Crippen molar-refractivity contribution in [3.05, 3.63) is 23.0 Å². The van der Waals surface area contributed by atoms with Crippen molar-refractivity contribution >= 4 is 34.0 Å². The predicted molar refractivity (Wildman–Crippen MR) is 44.8 cm³/mol. The van der Waals surface area contributed by atoms with Crippen LogP contribution < -0.4 is 0 Å². The first-order valence-electron chi connectivity index (χ1n) is 2.80. The second-order valence-electron chi connectivity index (χ2n) is 1.89. The molecule has 2 aromatic rings. The molecule has 10 heavy (non-hydrogen) atoms. The number of H-pyrrole nitrogens is 1. The van der Waals surface area contributed by atoms with E-state index >= 15 is 0 Å². The third-order valence-electron chi connectivity index (χ3n) is 1.26. The summed E-state index contributed by atoms with van der Waals surface area (Å²) in [4.78, 5) is 5.10. The molecule has 2 aromatic heterocycles. The van der Waals surface area contributed by atoms with Crippen molar-refractivity contribution in [3.63, 3.8) is 0 Å². The third kappa shape index (κ3) is 0.767. The number of pyridine rings is 1. The van der Waals surface area contributed by atoms with E-state index in [9.17, 15) is 0 Å². The molecule has 0 saturated heterocycles. The zero-order valence-electron chi connectivity index (χ0n) is 5.00. The van der Waals surface area contributed by atoms with E-state index in [1.165, 1.54) is 11.5 Å². The van der Waals surface area contributed by atoms with Crippen molar-refractivity contribution in [2.24, 2.45) is 0 Å². The Labute approximate surface area is 66.7 Å². The van der Waals surface area contributed by atoms with Gasteiger partial charge in [0.2, 0.25) is 0 Å². The molecule has 0 unspecified atom stereocenters. The second kappa shape index (κ2) is 2.14. The minimum atomic E-state index is 0.785. The molecule has 0 bridgehead atoms. The van der Waals surface area contributed by atoms with E-state index in [1.54, 1.807) is 6.20 Å². The highest BCUT2D eigenvalue weighted by Gasteiger charge is 1.94. The summed E-state index contributed by atoms with van der Waals surface area (Å²) in [7, 11) is 0. The van der Waals surface area contributed by atoms with Gasteiger partial charge in [0.1, 0.15) is 9.47 Å². The molecule has 2 rings (SSSR count). The van der Waals surface area contributed by atoms with Gasteiger partial charge < -0.3 is 0 Å². The summed E-state index contributed by atoms with van der Waals surface area (Å²) in [6.07, 6.45) is 1.77. The molecule has 1 N–H and O–H groups in total. The first-order chi connectivity index (χ1) is 4.88. The number of nitrogens with one attached hydrogen (secondary N) is 1. The maximum Gasteiger partial charge on any atom is 0.142 e. The van der Waals surface area contributed by atoms with Gasteiger partial charge in [0, 0.05) is 11.6 Å². The van der Waals surface area contributed by atoms with E-state index in [0.29, 0.717) is 0 Å². The van der Waals surface area contributed by atoms with Gasteiger partial charge in [-0.3, -0.25) is 4.37 Å². The van der Waals surface area contributed by atoms with Crippen molar-refractivity contribution in [2.75, 3.05) is 0 Å². The van der Waals surface area contributed by atoms with Crippen molar-refractivity contribution < 1.29 is 0 Å². The van der Waals surface area contributed by atoms with Crippen LogP contribution in [0.5, 0.6) is 0 Å². The lowest BCUT2D eigenvalue weighted by Crippen LogP contribution is -1.66. The smallest absolute Gasteiger partial charge is 0.142 e. The summed E-state index contributed by atoms with van der Waals surface area (Å²) in [6.45, 7) is 0. The molecule has 0 aliphatic heterocycles. The van der Waals surface area contributed by atoms with Gasteiger partial charge in [-0.2, -0.15) is 0 Å². The Bertz CT molecular complexity index is 401. The van der Waals surface area contributed by atoms with Crippen LogP contribution >= 0.6 is 23.8 Å². The Morgan fingerprint density at radius 3 is 3.30 bits per heavy atom. The van der Waals surface area contributed by atoms with Crippen LogP contribution in [0.25, 0.3) is 10.2 Å². The van der Waals surface area contributed by atoms with Gasteiger partial charge in [-0.1, -0.05) is 12.2 Å². The Balaban J connectivity index is 3.07. The van der Waals surface area contributed by atoms with Gasteiger partial charge in [-0.15, -0.1) is 0 Å². The summed E-state index contributed by atoms with van der Waals surface area (Å²) in [5.41, 5.74) is 0. The number of aromatic nitrogens is 2. The van der Waals surface area contributed by atoms with Crippen LogP contribution in [0.4, 0.5) is 0 Å². The lowest BCUT2D eigenvalue weighted by atomic mass is 10.4. The third-order valence-corrected chi connectivity index (χ3v) is 2.53. The maximum atomic E-state index is 5.00. The van der Waals surface area contributed by atoms with Gasteiger partial charge in [-0.05, 0) is 23.7 Å². The summed E-state index contributed by atoms with van der Waals surface area (Å²) in [5, 5.41) is 1.04. The summed E-state index contributed by atoms with van der Waals surface area (Å²) in [5.74, 6) is 0. The van der Waals surface area contributed by atoms with Gasteiger partial charge in [0.15, 0.2) is 0 Å². The molecule has 50 valence electrons. The van der Waals surface area contributed by atoms with Crippen molar-refractivity contribution in [1.29, 1.82) is 0 Å². The Morgan fingerprint density at radius 1 is 1.60 bits per heavy atom.